The second-order valence-corrected chi connectivity index (χ2v) is 8.77. The molecule has 0 unspecified atom stereocenters. The zero-order valence-corrected chi connectivity index (χ0v) is 16.1. The highest BCUT2D eigenvalue weighted by Gasteiger charge is 2.30. The molecule has 134 valence electrons. The minimum absolute atomic E-state index is 0.140. The van der Waals surface area contributed by atoms with Crippen LogP contribution in [0.2, 0.25) is 0 Å². The van der Waals surface area contributed by atoms with Crippen molar-refractivity contribution in [2.75, 3.05) is 27.2 Å². The summed E-state index contributed by atoms with van der Waals surface area (Å²) in [6.07, 6.45) is 2.68. The molecule has 0 radical (unpaired) electrons. The molecular weight excluding hydrogens is 336 g/mol. The van der Waals surface area contributed by atoms with E-state index in [0.29, 0.717) is 6.61 Å². The van der Waals surface area contributed by atoms with Crippen LogP contribution in [0.5, 0.6) is 0 Å². The number of nitrogens with two attached hydrogens (primary N) is 1. The standard InChI is InChI=1S/C17H24N6OS/c1-17(2)7-11-12(9-24-17)25-16-14(11)15-20-13(21-23(15)10-19-16)8-18-5-6-22(3)4/h10,18H,5-9H2,1-4H3/p+2. The summed E-state index contributed by atoms with van der Waals surface area (Å²) >= 11 is 1.72. The number of quaternary nitrogens is 2. The number of ether oxygens (including phenoxy) is 1. The Bertz CT molecular complexity index is 913. The van der Waals surface area contributed by atoms with Crippen molar-refractivity contribution >= 4 is 27.2 Å². The fourth-order valence-electron chi connectivity index (χ4n) is 3.29. The van der Waals surface area contributed by atoms with Gasteiger partial charge in [0.1, 0.15) is 30.8 Å². The number of hydrogen-bond donors (Lipinski definition) is 2. The summed E-state index contributed by atoms with van der Waals surface area (Å²) in [4.78, 5) is 13.2. The molecule has 3 aromatic heterocycles. The van der Waals surface area contributed by atoms with Gasteiger partial charge in [0.2, 0.25) is 5.82 Å². The molecule has 0 aromatic carbocycles. The topological polar surface area (TPSA) is 73.4 Å². The Labute approximate surface area is 151 Å². The monoisotopic (exact) mass is 362 g/mol. The first-order valence-electron chi connectivity index (χ1n) is 8.82. The largest absolute Gasteiger partial charge is 0.370 e. The SMILES string of the molecule is C[NH+](C)CC[NH2+]Cc1nc2c3c4c(sc3ncn2n1)COC(C)(C)C4. The minimum atomic E-state index is -0.140. The van der Waals surface area contributed by atoms with Gasteiger partial charge in [0, 0.05) is 11.3 Å². The van der Waals surface area contributed by atoms with Gasteiger partial charge >= 0.3 is 0 Å². The first kappa shape index (κ1) is 16.8. The van der Waals surface area contributed by atoms with Gasteiger partial charge in [-0.25, -0.2) is 14.5 Å². The van der Waals surface area contributed by atoms with Crippen LogP contribution in [0.3, 0.4) is 0 Å². The number of nitrogens with one attached hydrogen (secondary N) is 1. The van der Waals surface area contributed by atoms with Crippen LogP contribution >= 0.6 is 11.3 Å². The van der Waals surface area contributed by atoms with Gasteiger partial charge in [0.05, 0.1) is 31.7 Å². The van der Waals surface area contributed by atoms with Crippen LogP contribution in [-0.4, -0.2) is 52.4 Å². The van der Waals surface area contributed by atoms with Crippen molar-refractivity contribution in [3.05, 3.63) is 22.6 Å². The molecule has 1 aliphatic heterocycles. The summed E-state index contributed by atoms with van der Waals surface area (Å²) in [6, 6.07) is 0. The average molecular weight is 363 g/mol. The van der Waals surface area contributed by atoms with E-state index in [1.165, 1.54) is 15.3 Å². The van der Waals surface area contributed by atoms with Crippen LogP contribution in [0.15, 0.2) is 6.33 Å². The zero-order chi connectivity index (χ0) is 17.6. The van der Waals surface area contributed by atoms with Gasteiger partial charge in [0.15, 0.2) is 5.65 Å². The second-order valence-electron chi connectivity index (χ2n) is 7.69. The Hall–Kier alpha value is -1.61. The Kier molecular flexibility index (Phi) is 4.23. The number of thiophene rings is 1. The smallest absolute Gasteiger partial charge is 0.206 e. The number of nitrogens with zero attached hydrogens (tertiary/aromatic N) is 4. The van der Waals surface area contributed by atoms with E-state index in [0.717, 1.165) is 47.7 Å². The van der Waals surface area contributed by atoms with E-state index in [2.05, 4.69) is 43.3 Å². The van der Waals surface area contributed by atoms with Gasteiger partial charge in [-0.05, 0) is 19.4 Å². The number of hydrogen-bond acceptors (Lipinski definition) is 5. The lowest BCUT2D eigenvalue weighted by atomic mass is 9.94. The van der Waals surface area contributed by atoms with E-state index in [1.54, 1.807) is 17.7 Å². The van der Waals surface area contributed by atoms with Gasteiger partial charge < -0.3 is 15.0 Å². The molecule has 1 aliphatic rings. The van der Waals surface area contributed by atoms with Crippen molar-refractivity contribution in [3.63, 3.8) is 0 Å². The van der Waals surface area contributed by atoms with Crippen molar-refractivity contribution in [3.8, 4) is 0 Å². The molecule has 0 amide bonds. The first-order valence-corrected chi connectivity index (χ1v) is 9.64. The third kappa shape index (κ3) is 3.27. The van der Waals surface area contributed by atoms with E-state index in [1.807, 2.05) is 4.52 Å². The fraction of sp³-hybridized carbons (Fsp3) is 0.588. The van der Waals surface area contributed by atoms with Gasteiger partial charge in [-0.2, -0.15) is 0 Å². The molecule has 0 fully saturated rings. The highest BCUT2D eigenvalue weighted by Crippen LogP contribution is 2.39. The lowest BCUT2D eigenvalue weighted by Gasteiger charge is -2.30. The maximum Gasteiger partial charge on any atom is 0.206 e. The van der Waals surface area contributed by atoms with Crippen LogP contribution in [0.25, 0.3) is 15.9 Å². The summed E-state index contributed by atoms with van der Waals surface area (Å²) < 4.78 is 7.79. The van der Waals surface area contributed by atoms with E-state index in [9.17, 15) is 0 Å². The van der Waals surface area contributed by atoms with Gasteiger partial charge in [-0.15, -0.1) is 16.4 Å². The van der Waals surface area contributed by atoms with Crippen molar-refractivity contribution in [1.82, 2.24) is 19.6 Å². The number of aromatic nitrogens is 4. The summed E-state index contributed by atoms with van der Waals surface area (Å²) in [5.74, 6) is 0.870. The fourth-order valence-corrected chi connectivity index (χ4v) is 4.36. The maximum atomic E-state index is 5.96. The Morgan fingerprint density at radius 2 is 2.24 bits per heavy atom. The first-order chi connectivity index (χ1) is 11.9. The summed E-state index contributed by atoms with van der Waals surface area (Å²) in [5.41, 5.74) is 2.13. The number of rotatable bonds is 5. The molecule has 4 rings (SSSR count). The van der Waals surface area contributed by atoms with E-state index < -0.39 is 0 Å². The lowest BCUT2D eigenvalue weighted by molar-refractivity contribution is -0.875. The normalized spacial score (nSPS) is 16.8. The van der Waals surface area contributed by atoms with Crippen molar-refractivity contribution < 1.29 is 15.0 Å². The van der Waals surface area contributed by atoms with E-state index in [4.69, 9.17) is 9.72 Å². The molecule has 3 aromatic rings. The highest BCUT2D eigenvalue weighted by atomic mass is 32.1. The molecule has 4 heterocycles. The Morgan fingerprint density at radius 3 is 3.04 bits per heavy atom. The lowest BCUT2D eigenvalue weighted by Crippen LogP contribution is -3.09. The quantitative estimate of drug-likeness (QED) is 0.595. The van der Waals surface area contributed by atoms with E-state index >= 15 is 0 Å². The summed E-state index contributed by atoms with van der Waals surface area (Å²) in [6.45, 7) is 7.96. The van der Waals surface area contributed by atoms with Gasteiger partial charge in [-0.3, -0.25) is 0 Å². The van der Waals surface area contributed by atoms with Gasteiger partial charge in [0.25, 0.3) is 0 Å². The summed E-state index contributed by atoms with van der Waals surface area (Å²) in [5, 5.41) is 8.06. The third-order valence-corrected chi connectivity index (χ3v) is 5.74. The Morgan fingerprint density at radius 1 is 1.40 bits per heavy atom. The third-order valence-electron chi connectivity index (χ3n) is 4.63. The zero-order valence-electron chi connectivity index (χ0n) is 15.3. The van der Waals surface area contributed by atoms with Crippen molar-refractivity contribution in [1.29, 1.82) is 0 Å². The molecule has 0 saturated carbocycles. The number of likely N-dealkylation sites (N-methyl/N-ethyl adjacent to an activating group) is 1. The average Bonchev–Trinajstić information content (AvgIpc) is 3.10. The van der Waals surface area contributed by atoms with Crippen LogP contribution in [-0.2, 0) is 24.3 Å². The molecule has 7 nitrogen and oxygen atoms in total. The van der Waals surface area contributed by atoms with Crippen molar-refractivity contribution in [2.45, 2.75) is 39.0 Å². The molecule has 0 spiro atoms. The molecule has 0 bridgehead atoms. The van der Waals surface area contributed by atoms with E-state index in [-0.39, 0.29) is 5.60 Å². The van der Waals surface area contributed by atoms with Crippen molar-refractivity contribution in [2.24, 2.45) is 0 Å². The predicted octanol–water partition coefficient (Wildman–Crippen LogP) is -0.602. The number of fused-ring (bicyclic) bond motifs is 5. The summed E-state index contributed by atoms with van der Waals surface area (Å²) in [7, 11) is 4.34. The van der Waals surface area contributed by atoms with Crippen LogP contribution in [0.1, 0.15) is 30.1 Å². The molecule has 8 heteroatoms. The molecular formula is C17H26N6OS+2. The molecule has 3 N–H and O–H groups in total. The highest BCUT2D eigenvalue weighted by molar-refractivity contribution is 7.19. The predicted molar refractivity (Wildman–Crippen MR) is 96.9 cm³/mol. The van der Waals surface area contributed by atoms with Crippen LogP contribution in [0, 0.1) is 0 Å². The van der Waals surface area contributed by atoms with Gasteiger partial charge in [-0.1, -0.05) is 0 Å². The molecule has 0 saturated heterocycles. The maximum absolute atomic E-state index is 5.96. The molecule has 25 heavy (non-hydrogen) atoms. The van der Waals surface area contributed by atoms with Crippen LogP contribution < -0.4 is 10.2 Å². The molecule has 0 atom stereocenters. The van der Waals surface area contributed by atoms with Crippen LogP contribution in [0.4, 0.5) is 0 Å². The second kappa shape index (κ2) is 6.28. The molecule has 0 aliphatic carbocycles. The minimum Gasteiger partial charge on any atom is -0.370 e. The Balaban J connectivity index is 1.68.